The van der Waals surface area contributed by atoms with Gasteiger partial charge in [-0.15, -0.1) is 0 Å². The van der Waals surface area contributed by atoms with E-state index in [2.05, 4.69) is 10.6 Å². The van der Waals surface area contributed by atoms with Gasteiger partial charge in [0.1, 0.15) is 6.04 Å². The van der Waals surface area contributed by atoms with Crippen LogP contribution in [-0.4, -0.2) is 75.3 Å². The van der Waals surface area contributed by atoms with E-state index >= 15 is 0 Å². The fourth-order valence-corrected chi connectivity index (χ4v) is 6.94. The first-order valence-corrected chi connectivity index (χ1v) is 18.9. The van der Waals surface area contributed by atoms with Crippen LogP contribution in [0.5, 0.6) is 0 Å². The second-order valence-corrected chi connectivity index (χ2v) is 17.0. The van der Waals surface area contributed by atoms with Gasteiger partial charge in [-0.2, -0.15) is 13.2 Å². The van der Waals surface area contributed by atoms with E-state index in [1.54, 1.807) is 19.4 Å². The second-order valence-electron chi connectivity index (χ2n) is 15.3. The van der Waals surface area contributed by atoms with Crippen molar-refractivity contribution in [1.29, 1.82) is 0 Å². The Hall–Kier alpha value is -4.24. The minimum Gasteiger partial charge on any atom is -0.344 e. The largest absolute Gasteiger partial charge is 0.471 e. The molecule has 2 rings (SSSR count). The third kappa shape index (κ3) is 13.3. The lowest BCUT2D eigenvalue weighted by atomic mass is 9.76. The molecule has 3 atom stereocenters. The first-order valence-electron chi connectivity index (χ1n) is 17.3. The van der Waals surface area contributed by atoms with Crippen LogP contribution in [0.4, 0.5) is 13.2 Å². The highest BCUT2D eigenvalue weighted by molar-refractivity contribution is 7.89. The summed E-state index contributed by atoms with van der Waals surface area (Å²) in [5.74, 6) is -4.27. The Morgan fingerprint density at radius 1 is 0.868 bits per heavy atom. The summed E-state index contributed by atoms with van der Waals surface area (Å²) in [6.45, 7) is 14.3. The first kappa shape index (κ1) is 44.9. The number of benzene rings is 2. The summed E-state index contributed by atoms with van der Waals surface area (Å²) in [6, 6.07) is 12.8. The highest BCUT2D eigenvalue weighted by Gasteiger charge is 2.42. The molecule has 0 saturated carbocycles. The van der Waals surface area contributed by atoms with Crippen LogP contribution < -0.4 is 20.7 Å². The van der Waals surface area contributed by atoms with Gasteiger partial charge in [-0.25, -0.2) is 13.1 Å². The molecule has 4 amide bonds. The number of hydrogen-bond donors (Lipinski definition) is 4. The molecule has 0 heterocycles. The van der Waals surface area contributed by atoms with Gasteiger partial charge < -0.3 is 20.9 Å². The van der Waals surface area contributed by atoms with Crippen LogP contribution in [0, 0.1) is 11.3 Å². The van der Waals surface area contributed by atoms with Crippen LogP contribution in [0.2, 0.25) is 0 Å². The summed E-state index contributed by atoms with van der Waals surface area (Å²) in [7, 11) is -0.940. The standard InChI is InChI=1S/C38H54F3N5O6S/c1-24(2)20-29(21-25(3)32(47)45-53(51,52)23-27-18-16-26(17-19-27)22-43-35(50)38(39,40)41)46(10)34(49)31(36(4,5)6)44-33(48)30(42-9)37(7,8)28-14-12-11-13-15-28/h11-19,21,24,29-31,42H,20,22-23H2,1-10H3,(H,43,50)(H,44,48)(H,45,47)/b25-21+/t29-,30+,31+/m0/s1. The zero-order valence-electron chi connectivity index (χ0n) is 32.1. The maximum atomic E-state index is 14.2. The van der Waals surface area contributed by atoms with Crippen molar-refractivity contribution in [2.24, 2.45) is 11.3 Å². The molecule has 0 bridgehead atoms. The Morgan fingerprint density at radius 3 is 1.91 bits per heavy atom. The van der Waals surface area contributed by atoms with Crippen molar-refractivity contribution < 1.29 is 40.8 Å². The van der Waals surface area contributed by atoms with Crippen LogP contribution >= 0.6 is 0 Å². The number of nitrogens with one attached hydrogen (secondary N) is 4. The van der Waals surface area contributed by atoms with Crippen molar-refractivity contribution in [3.63, 3.8) is 0 Å². The number of likely N-dealkylation sites (N-methyl/N-ethyl adjacent to an activating group) is 2. The molecule has 0 aliphatic heterocycles. The molecular weight excluding hydrogens is 712 g/mol. The third-order valence-corrected chi connectivity index (χ3v) is 10.1. The molecule has 0 unspecified atom stereocenters. The monoisotopic (exact) mass is 765 g/mol. The number of amides is 4. The molecule has 0 aliphatic rings. The lowest BCUT2D eigenvalue weighted by Gasteiger charge is -2.39. The molecular formula is C38H54F3N5O6S. The molecule has 0 saturated heterocycles. The van der Waals surface area contributed by atoms with Crippen LogP contribution in [0.1, 0.15) is 78.5 Å². The van der Waals surface area contributed by atoms with Crippen LogP contribution in [0.3, 0.4) is 0 Å². The van der Waals surface area contributed by atoms with Crippen molar-refractivity contribution >= 4 is 33.7 Å². The molecule has 4 N–H and O–H groups in total. The van der Waals surface area contributed by atoms with E-state index in [0.29, 0.717) is 12.0 Å². The normalized spacial score (nSPS) is 14.6. The van der Waals surface area contributed by atoms with Gasteiger partial charge in [-0.05, 0) is 48.4 Å². The maximum absolute atomic E-state index is 14.2. The van der Waals surface area contributed by atoms with E-state index < -0.39 is 69.3 Å². The van der Waals surface area contributed by atoms with Crippen LogP contribution in [0.25, 0.3) is 0 Å². The van der Waals surface area contributed by atoms with Crippen molar-refractivity contribution in [1.82, 2.24) is 25.6 Å². The zero-order chi connectivity index (χ0) is 40.5. The maximum Gasteiger partial charge on any atom is 0.471 e. The van der Waals surface area contributed by atoms with Crippen LogP contribution in [-0.2, 0) is 46.9 Å². The number of halogens is 3. The summed E-state index contributed by atoms with van der Waals surface area (Å²) in [5, 5.41) is 7.84. The zero-order valence-corrected chi connectivity index (χ0v) is 33.0. The molecule has 0 aliphatic carbocycles. The minimum absolute atomic E-state index is 0.0471. The molecule has 0 radical (unpaired) electrons. The molecule has 0 fully saturated rings. The van der Waals surface area contributed by atoms with E-state index in [1.807, 2.05) is 83.5 Å². The van der Waals surface area contributed by atoms with E-state index in [1.165, 1.54) is 42.2 Å². The van der Waals surface area contributed by atoms with Gasteiger partial charge in [0.05, 0.1) is 17.8 Å². The van der Waals surface area contributed by atoms with Crippen molar-refractivity contribution in [3.8, 4) is 0 Å². The quantitative estimate of drug-likeness (QED) is 0.180. The average molecular weight is 766 g/mol. The SMILES string of the molecule is CN[C@H](C(=O)N[C@H](C(=O)N(C)[C@H](/C=C(\C)C(=O)NS(=O)(=O)Cc1ccc(CNC(=O)C(F)(F)F)cc1)CC(C)C)C(C)(C)C)C(C)(C)c1ccccc1. The molecule has 0 aromatic heterocycles. The predicted octanol–water partition coefficient (Wildman–Crippen LogP) is 4.73. The van der Waals surface area contributed by atoms with Crippen molar-refractivity contribution in [3.05, 3.63) is 82.9 Å². The Balaban J connectivity index is 2.24. The van der Waals surface area contributed by atoms with Gasteiger partial charge >= 0.3 is 12.1 Å². The minimum atomic E-state index is -5.03. The Bertz CT molecular complexity index is 1720. The van der Waals surface area contributed by atoms with E-state index in [4.69, 9.17) is 0 Å². The third-order valence-electron chi connectivity index (χ3n) is 8.89. The lowest BCUT2D eigenvalue weighted by molar-refractivity contribution is -0.173. The van der Waals surface area contributed by atoms with Gasteiger partial charge in [0, 0.05) is 24.6 Å². The van der Waals surface area contributed by atoms with Crippen molar-refractivity contribution in [2.75, 3.05) is 14.1 Å². The molecule has 294 valence electrons. The highest BCUT2D eigenvalue weighted by atomic mass is 32.2. The van der Waals surface area contributed by atoms with Crippen molar-refractivity contribution in [2.45, 2.75) is 104 Å². The highest BCUT2D eigenvalue weighted by Crippen LogP contribution is 2.29. The number of rotatable bonds is 16. The molecule has 15 heteroatoms. The predicted molar refractivity (Wildman–Crippen MR) is 199 cm³/mol. The number of hydrogen-bond acceptors (Lipinski definition) is 7. The van der Waals surface area contributed by atoms with Gasteiger partial charge in [-0.3, -0.25) is 19.2 Å². The number of carbonyl (C=O) groups excluding carboxylic acids is 4. The van der Waals surface area contributed by atoms with Gasteiger partial charge in [0.15, 0.2) is 0 Å². The first-order chi connectivity index (χ1) is 24.3. The fourth-order valence-electron chi connectivity index (χ4n) is 5.79. The van der Waals surface area contributed by atoms with Gasteiger partial charge in [0.2, 0.25) is 21.8 Å². The second kappa shape index (κ2) is 18.2. The summed E-state index contributed by atoms with van der Waals surface area (Å²) >= 11 is 0. The summed E-state index contributed by atoms with van der Waals surface area (Å²) in [5.41, 5.74) is 0.212. The summed E-state index contributed by atoms with van der Waals surface area (Å²) in [6.07, 6.45) is -3.06. The Kier molecular flexibility index (Phi) is 15.4. The Labute approximate surface area is 311 Å². The van der Waals surface area contributed by atoms with E-state index in [0.717, 1.165) is 5.56 Å². The fraction of sp³-hybridized carbons (Fsp3) is 0.526. The van der Waals surface area contributed by atoms with Gasteiger partial charge in [0.25, 0.3) is 5.91 Å². The van der Waals surface area contributed by atoms with Gasteiger partial charge in [-0.1, -0.05) is 109 Å². The molecule has 11 nitrogen and oxygen atoms in total. The number of carbonyl (C=O) groups is 4. The number of nitrogens with zero attached hydrogens (tertiary/aromatic N) is 1. The molecule has 53 heavy (non-hydrogen) atoms. The van der Waals surface area contributed by atoms with E-state index in [-0.39, 0.29) is 28.9 Å². The number of sulfonamides is 1. The van der Waals surface area contributed by atoms with E-state index in [9.17, 15) is 40.8 Å². The molecule has 2 aromatic carbocycles. The smallest absolute Gasteiger partial charge is 0.344 e. The number of alkyl halides is 3. The van der Waals surface area contributed by atoms with Crippen LogP contribution in [0.15, 0.2) is 66.2 Å². The Morgan fingerprint density at radius 2 is 1.42 bits per heavy atom. The average Bonchev–Trinajstić information content (AvgIpc) is 3.04. The molecule has 2 aromatic rings. The topological polar surface area (TPSA) is 154 Å². The summed E-state index contributed by atoms with van der Waals surface area (Å²) in [4.78, 5) is 53.7. The molecule has 0 spiro atoms. The summed E-state index contributed by atoms with van der Waals surface area (Å²) < 4.78 is 65.2. The lowest BCUT2D eigenvalue weighted by Crippen LogP contribution is -2.61.